The number of hydrogen-bond acceptors (Lipinski definition) is 5. The standard InChI is InChI=1S/C12H24O2.C3H8O3.C2H4O2/c1-2-3-4-5-6-7-8-9-10-11-12(13)14;4-1-3(6)2-5;1-2(3)4/h2-11H2,1H3,(H,13,14);3-6H,1-2H2;1H3,(H,3,4). The van der Waals surface area contributed by atoms with Crippen LogP contribution in [0.1, 0.15) is 78.1 Å². The maximum Gasteiger partial charge on any atom is 0.303 e. The molecular weight excluding hydrogens is 316 g/mol. The van der Waals surface area contributed by atoms with Gasteiger partial charge in [0.15, 0.2) is 0 Å². The first-order valence-electron chi connectivity index (χ1n) is 8.62. The molecule has 5 N–H and O–H groups in total. The van der Waals surface area contributed by atoms with Crippen molar-refractivity contribution in [3.8, 4) is 0 Å². The molecular formula is C17H36O7. The number of hydrogen-bond donors (Lipinski definition) is 5. The van der Waals surface area contributed by atoms with Crippen LogP contribution in [0.5, 0.6) is 0 Å². The molecule has 0 atom stereocenters. The summed E-state index contributed by atoms with van der Waals surface area (Å²) in [7, 11) is 0. The van der Waals surface area contributed by atoms with Crippen molar-refractivity contribution in [1.82, 2.24) is 0 Å². The van der Waals surface area contributed by atoms with Crippen LogP contribution < -0.4 is 0 Å². The van der Waals surface area contributed by atoms with E-state index in [-0.39, 0.29) is 13.2 Å². The predicted molar refractivity (Wildman–Crippen MR) is 93.0 cm³/mol. The summed E-state index contributed by atoms with van der Waals surface area (Å²) in [6, 6.07) is 0. The first-order chi connectivity index (χ1) is 11.3. The highest BCUT2D eigenvalue weighted by Crippen LogP contribution is 2.10. The zero-order valence-corrected chi connectivity index (χ0v) is 15.1. The van der Waals surface area contributed by atoms with Gasteiger partial charge in [-0.25, -0.2) is 0 Å². The van der Waals surface area contributed by atoms with Crippen molar-refractivity contribution >= 4 is 11.9 Å². The molecule has 0 bridgehead atoms. The monoisotopic (exact) mass is 352 g/mol. The van der Waals surface area contributed by atoms with Gasteiger partial charge in [0.05, 0.1) is 13.2 Å². The van der Waals surface area contributed by atoms with Crippen LogP contribution in [-0.4, -0.2) is 56.8 Å². The third kappa shape index (κ3) is 42.8. The Morgan fingerprint density at radius 3 is 1.38 bits per heavy atom. The van der Waals surface area contributed by atoms with Crippen molar-refractivity contribution < 1.29 is 35.1 Å². The Bertz CT molecular complexity index is 262. The van der Waals surface area contributed by atoms with Crippen molar-refractivity contribution in [2.75, 3.05) is 13.2 Å². The Balaban J connectivity index is -0.000000363. The van der Waals surface area contributed by atoms with Gasteiger partial charge in [0.25, 0.3) is 5.97 Å². The Morgan fingerprint density at radius 1 is 0.792 bits per heavy atom. The summed E-state index contributed by atoms with van der Waals surface area (Å²) < 4.78 is 0. The quantitative estimate of drug-likeness (QED) is 0.340. The number of aliphatic hydroxyl groups excluding tert-OH is 3. The summed E-state index contributed by atoms with van der Waals surface area (Å²) in [4.78, 5) is 19.2. The lowest BCUT2D eigenvalue weighted by atomic mass is 10.1. The molecule has 24 heavy (non-hydrogen) atoms. The average molecular weight is 352 g/mol. The minimum absolute atomic E-state index is 0.343. The van der Waals surface area contributed by atoms with Crippen molar-refractivity contribution in [2.24, 2.45) is 0 Å². The van der Waals surface area contributed by atoms with Crippen LogP contribution in [0.25, 0.3) is 0 Å². The average Bonchev–Trinajstić information content (AvgIpc) is 2.52. The summed E-state index contributed by atoms with van der Waals surface area (Å²) in [5.74, 6) is -1.49. The van der Waals surface area contributed by atoms with Gasteiger partial charge in [-0.05, 0) is 6.42 Å². The second-order valence-corrected chi connectivity index (χ2v) is 5.51. The largest absolute Gasteiger partial charge is 0.481 e. The van der Waals surface area contributed by atoms with Crippen LogP contribution in [0.4, 0.5) is 0 Å². The molecule has 7 nitrogen and oxygen atoms in total. The zero-order valence-electron chi connectivity index (χ0n) is 15.1. The molecule has 0 saturated carbocycles. The van der Waals surface area contributed by atoms with Crippen molar-refractivity contribution in [1.29, 1.82) is 0 Å². The molecule has 0 saturated heterocycles. The topological polar surface area (TPSA) is 135 Å². The normalized spacial score (nSPS) is 9.58. The predicted octanol–water partition coefficient (Wildman–Crippen LogP) is 2.41. The molecule has 146 valence electrons. The molecule has 0 aliphatic heterocycles. The zero-order chi connectivity index (χ0) is 19.2. The van der Waals surface area contributed by atoms with Crippen LogP contribution in [0.2, 0.25) is 0 Å². The van der Waals surface area contributed by atoms with Gasteiger partial charge in [-0.3, -0.25) is 9.59 Å². The SMILES string of the molecule is CC(=O)O.CCCCCCCCCCCC(=O)O.OCC(O)CO. The van der Waals surface area contributed by atoms with Gasteiger partial charge in [-0.1, -0.05) is 58.3 Å². The lowest BCUT2D eigenvalue weighted by Gasteiger charge is -2.00. The first-order valence-corrected chi connectivity index (χ1v) is 8.62. The summed E-state index contributed by atoms with van der Waals surface area (Å²) in [5.41, 5.74) is 0. The summed E-state index contributed by atoms with van der Waals surface area (Å²) in [5, 5.41) is 39.8. The Hall–Kier alpha value is -1.18. The lowest BCUT2D eigenvalue weighted by Crippen LogP contribution is -2.15. The fourth-order valence-electron chi connectivity index (χ4n) is 1.64. The third-order valence-electron chi connectivity index (χ3n) is 2.92. The van der Waals surface area contributed by atoms with Gasteiger partial charge >= 0.3 is 5.97 Å². The Morgan fingerprint density at radius 2 is 1.12 bits per heavy atom. The fourth-order valence-corrected chi connectivity index (χ4v) is 1.64. The van der Waals surface area contributed by atoms with Crippen LogP contribution in [0.3, 0.4) is 0 Å². The Labute approximate surface area is 145 Å². The molecule has 0 aromatic carbocycles. The van der Waals surface area contributed by atoms with E-state index in [0.717, 1.165) is 19.8 Å². The molecule has 0 radical (unpaired) electrons. The highest BCUT2D eigenvalue weighted by molar-refractivity contribution is 5.66. The lowest BCUT2D eigenvalue weighted by molar-refractivity contribution is -0.137. The molecule has 0 fully saturated rings. The molecule has 0 heterocycles. The second kappa shape index (κ2) is 24.1. The van der Waals surface area contributed by atoms with E-state index in [9.17, 15) is 4.79 Å². The van der Waals surface area contributed by atoms with Crippen LogP contribution in [-0.2, 0) is 9.59 Å². The van der Waals surface area contributed by atoms with Gasteiger partial charge in [0.1, 0.15) is 6.10 Å². The van der Waals surface area contributed by atoms with Gasteiger partial charge in [0, 0.05) is 13.3 Å². The molecule has 0 spiro atoms. The number of rotatable bonds is 12. The summed E-state index contributed by atoms with van der Waals surface area (Å²) >= 11 is 0. The number of aliphatic carboxylic acids is 2. The Kier molecular flexibility index (Phi) is 27.7. The molecule has 0 rings (SSSR count). The molecule has 0 aliphatic carbocycles. The number of unbranched alkanes of at least 4 members (excludes halogenated alkanes) is 8. The smallest absolute Gasteiger partial charge is 0.303 e. The van der Waals surface area contributed by atoms with Gasteiger partial charge in [-0.15, -0.1) is 0 Å². The van der Waals surface area contributed by atoms with Crippen molar-refractivity contribution in [2.45, 2.75) is 84.2 Å². The van der Waals surface area contributed by atoms with E-state index >= 15 is 0 Å². The number of carbonyl (C=O) groups is 2. The van der Waals surface area contributed by atoms with Gasteiger partial charge in [0.2, 0.25) is 0 Å². The number of carboxylic acid groups (broad SMARTS) is 2. The van der Waals surface area contributed by atoms with Crippen LogP contribution >= 0.6 is 0 Å². The van der Waals surface area contributed by atoms with Crippen molar-refractivity contribution in [3.05, 3.63) is 0 Å². The number of aliphatic hydroxyl groups is 3. The molecule has 0 amide bonds. The summed E-state index contributed by atoms with van der Waals surface area (Å²) in [6.07, 6.45) is 10.5. The van der Waals surface area contributed by atoms with Crippen LogP contribution in [0, 0.1) is 0 Å². The maximum atomic E-state index is 10.2. The molecule has 0 aromatic heterocycles. The van der Waals surface area contributed by atoms with E-state index in [2.05, 4.69) is 6.92 Å². The first kappa shape index (κ1) is 27.7. The van der Waals surface area contributed by atoms with E-state index in [1.54, 1.807) is 0 Å². The molecule has 0 aromatic rings. The molecule has 0 unspecified atom stereocenters. The van der Waals surface area contributed by atoms with E-state index in [0.29, 0.717) is 6.42 Å². The van der Waals surface area contributed by atoms with Gasteiger partial charge < -0.3 is 25.5 Å². The van der Waals surface area contributed by atoms with Crippen LogP contribution in [0.15, 0.2) is 0 Å². The van der Waals surface area contributed by atoms with E-state index < -0.39 is 18.0 Å². The maximum absolute atomic E-state index is 10.2. The highest BCUT2D eigenvalue weighted by atomic mass is 16.4. The molecule has 7 heteroatoms. The molecule has 0 aliphatic rings. The van der Waals surface area contributed by atoms with E-state index in [4.69, 9.17) is 30.3 Å². The minimum Gasteiger partial charge on any atom is -0.481 e. The minimum atomic E-state index is -0.954. The summed E-state index contributed by atoms with van der Waals surface area (Å²) in [6.45, 7) is 2.58. The third-order valence-corrected chi connectivity index (χ3v) is 2.92. The second-order valence-electron chi connectivity index (χ2n) is 5.51. The van der Waals surface area contributed by atoms with E-state index in [1.165, 1.54) is 44.9 Å². The van der Waals surface area contributed by atoms with Gasteiger partial charge in [-0.2, -0.15) is 0 Å². The van der Waals surface area contributed by atoms with Crippen molar-refractivity contribution in [3.63, 3.8) is 0 Å². The fraction of sp³-hybridized carbons (Fsp3) is 0.882. The van der Waals surface area contributed by atoms with E-state index in [1.807, 2.05) is 0 Å². The highest BCUT2D eigenvalue weighted by Gasteiger charge is 1.96. The number of carboxylic acids is 2.